The fourth-order valence-corrected chi connectivity index (χ4v) is 3.26. The number of nitrogens with zero attached hydrogens (tertiary/aromatic N) is 2. The van der Waals surface area contributed by atoms with Gasteiger partial charge in [-0.2, -0.15) is 0 Å². The summed E-state index contributed by atoms with van der Waals surface area (Å²) in [4.78, 5) is 30.4. The molecule has 3 aromatic rings. The number of aromatic nitrogens is 1. The number of hydrogen-bond acceptors (Lipinski definition) is 5. The molecule has 2 heterocycles. The van der Waals surface area contributed by atoms with Gasteiger partial charge in [0.15, 0.2) is 0 Å². The van der Waals surface area contributed by atoms with Crippen molar-refractivity contribution in [2.45, 2.75) is 6.42 Å². The largest absolute Gasteiger partial charge is 0.465 e. The van der Waals surface area contributed by atoms with Crippen molar-refractivity contribution >= 4 is 28.9 Å². The second kappa shape index (κ2) is 7.52. The van der Waals surface area contributed by atoms with E-state index in [0.29, 0.717) is 17.8 Å². The summed E-state index contributed by atoms with van der Waals surface area (Å²) in [5.41, 5.74) is 4.60. The minimum Gasteiger partial charge on any atom is -0.465 e. The molecule has 1 aliphatic heterocycles. The molecule has 1 amide bonds. The minimum atomic E-state index is -0.375. The van der Waals surface area contributed by atoms with Gasteiger partial charge in [-0.15, -0.1) is 0 Å². The zero-order valence-corrected chi connectivity index (χ0v) is 15.4. The average molecular weight is 373 g/mol. The van der Waals surface area contributed by atoms with E-state index in [2.05, 4.69) is 21.1 Å². The zero-order valence-electron chi connectivity index (χ0n) is 15.4. The lowest BCUT2D eigenvalue weighted by atomic mass is 10.2. The van der Waals surface area contributed by atoms with Crippen molar-refractivity contribution in [1.82, 2.24) is 4.98 Å². The van der Waals surface area contributed by atoms with Gasteiger partial charge in [-0.25, -0.2) is 9.78 Å². The molecule has 1 N–H and O–H groups in total. The molecule has 2 aromatic carbocycles. The summed E-state index contributed by atoms with van der Waals surface area (Å²) < 4.78 is 4.69. The molecule has 0 unspecified atom stereocenters. The van der Waals surface area contributed by atoms with Crippen LogP contribution in [0.4, 0.5) is 17.1 Å². The van der Waals surface area contributed by atoms with Gasteiger partial charge in [0.05, 0.1) is 24.6 Å². The summed E-state index contributed by atoms with van der Waals surface area (Å²) in [7, 11) is 1.35. The van der Waals surface area contributed by atoms with E-state index in [1.165, 1.54) is 12.7 Å². The summed E-state index contributed by atoms with van der Waals surface area (Å²) in [6.45, 7) is 0.673. The Balaban J connectivity index is 1.46. The maximum atomic E-state index is 12.8. The summed E-state index contributed by atoms with van der Waals surface area (Å²) in [6, 6.07) is 18.4. The highest BCUT2D eigenvalue weighted by Crippen LogP contribution is 2.28. The summed E-state index contributed by atoms with van der Waals surface area (Å²) in [5.74, 6) is -0.474. The van der Waals surface area contributed by atoms with Crippen LogP contribution in [0.2, 0.25) is 0 Å². The third-order valence-corrected chi connectivity index (χ3v) is 4.71. The Morgan fingerprint density at radius 3 is 2.46 bits per heavy atom. The van der Waals surface area contributed by atoms with Crippen LogP contribution >= 0.6 is 0 Å². The molecule has 0 saturated carbocycles. The standard InChI is InChI=1S/C22H19N3O3/c1-28-22(27)16-6-8-17(9-7-16)24-18-10-11-19(23-14-18)21(26)25-13-12-15-4-2-3-5-20(15)25/h2-11,14,24H,12-13H2,1H3. The van der Waals surface area contributed by atoms with Crippen molar-refractivity contribution in [3.05, 3.63) is 83.7 Å². The Hall–Kier alpha value is -3.67. The fourth-order valence-electron chi connectivity index (χ4n) is 3.26. The van der Waals surface area contributed by atoms with Crippen LogP contribution in [-0.2, 0) is 11.2 Å². The number of methoxy groups -OCH3 is 1. The highest BCUT2D eigenvalue weighted by molar-refractivity contribution is 6.06. The van der Waals surface area contributed by atoms with E-state index in [4.69, 9.17) is 0 Å². The smallest absolute Gasteiger partial charge is 0.337 e. The van der Waals surface area contributed by atoms with Crippen LogP contribution in [0.25, 0.3) is 0 Å². The van der Waals surface area contributed by atoms with E-state index < -0.39 is 0 Å². The number of carbonyl (C=O) groups is 2. The van der Waals surface area contributed by atoms with Gasteiger partial charge in [-0.3, -0.25) is 4.79 Å². The number of ether oxygens (including phenoxy) is 1. The zero-order chi connectivity index (χ0) is 19.5. The van der Waals surface area contributed by atoms with Crippen molar-refractivity contribution in [3.63, 3.8) is 0 Å². The summed E-state index contributed by atoms with van der Waals surface area (Å²) in [6.07, 6.45) is 2.49. The van der Waals surface area contributed by atoms with E-state index in [1.807, 2.05) is 24.3 Å². The molecule has 0 radical (unpaired) electrons. The Morgan fingerprint density at radius 2 is 1.75 bits per heavy atom. The second-order valence-electron chi connectivity index (χ2n) is 6.46. The van der Waals surface area contributed by atoms with Crippen molar-refractivity contribution in [3.8, 4) is 0 Å². The average Bonchev–Trinajstić information content (AvgIpc) is 3.18. The Kier molecular flexibility index (Phi) is 4.76. The maximum absolute atomic E-state index is 12.8. The van der Waals surface area contributed by atoms with Crippen LogP contribution in [0.5, 0.6) is 0 Å². The number of rotatable bonds is 4. The molecule has 6 nitrogen and oxygen atoms in total. The van der Waals surface area contributed by atoms with Crippen LogP contribution in [0.3, 0.4) is 0 Å². The number of nitrogens with one attached hydrogen (secondary N) is 1. The lowest BCUT2D eigenvalue weighted by molar-refractivity contribution is 0.0600. The molecular formula is C22H19N3O3. The van der Waals surface area contributed by atoms with Crippen LogP contribution in [-0.4, -0.2) is 30.5 Å². The SMILES string of the molecule is COC(=O)c1ccc(Nc2ccc(C(=O)N3CCc4ccccc43)nc2)cc1. The predicted molar refractivity (Wildman–Crippen MR) is 107 cm³/mol. The predicted octanol–water partition coefficient (Wildman–Crippen LogP) is 3.81. The number of amides is 1. The molecule has 0 saturated heterocycles. The molecule has 0 aliphatic carbocycles. The van der Waals surface area contributed by atoms with E-state index in [9.17, 15) is 9.59 Å². The molecule has 0 spiro atoms. The Bertz CT molecular complexity index is 1010. The van der Waals surface area contributed by atoms with Gasteiger partial charge in [0.25, 0.3) is 5.91 Å². The van der Waals surface area contributed by atoms with Gasteiger partial charge in [-0.05, 0) is 54.4 Å². The minimum absolute atomic E-state index is 0.0982. The van der Waals surface area contributed by atoms with E-state index in [-0.39, 0.29) is 11.9 Å². The monoisotopic (exact) mass is 373 g/mol. The first-order valence-corrected chi connectivity index (χ1v) is 8.97. The van der Waals surface area contributed by atoms with Crippen LogP contribution in [0.1, 0.15) is 26.4 Å². The maximum Gasteiger partial charge on any atom is 0.337 e. The number of pyridine rings is 1. The molecule has 0 atom stereocenters. The fraction of sp³-hybridized carbons (Fsp3) is 0.136. The first-order valence-electron chi connectivity index (χ1n) is 8.97. The number of hydrogen-bond donors (Lipinski definition) is 1. The third kappa shape index (κ3) is 3.44. The molecular weight excluding hydrogens is 354 g/mol. The van der Waals surface area contributed by atoms with Crippen molar-refractivity contribution in [2.24, 2.45) is 0 Å². The number of benzene rings is 2. The molecule has 4 rings (SSSR count). The highest BCUT2D eigenvalue weighted by Gasteiger charge is 2.25. The molecule has 0 fully saturated rings. The summed E-state index contributed by atoms with van der Waals surface area (Å²) >= 11 is 0. The topological polar surface area (TPSA) is 71.5 Å². The second-order valence-corrected chi connectivity index (χ2v) is 6.46. The van der Waals surface area contributed by atoms with Crippen LogP contribution in [0, 0.1) is 0 Å². The van der Waals surface area contributed by atoms with Gasteiger partial charge in [0, 0.05) is 17.9 Å². The number of fused-ring (bicyclic) bond motifs is 1. The molecule has 1 aromatic heterocycles. The molecule has 1 aliphatic rings. The molecule has 0 bridgehead atoms. The van der Waals surface area contributed by atoms with E-state index in [1.54, 1.807) is 41.4 Å². The summed E-state index contributed by atoms with van der Waals surface area (Å²) in [5, 5.41) is 3.20. The quantitative estimate of drug-likeness (QED) is 0.704. The van der Waals surface area contributed by atoms with Gasteiger partial charge in [0.2, 0.25) is 0 Å². The number of carbonyl (C=O) groups excluding carboxylic acids is 2. The van der Waals surface area contributed by atoms with E-state index >= 15 is 0 Å². The lowest BCUT2D eigenvalue weighted by Crippen LogP contribution is -2.29. The van der Waals surface area contributed by atoms with Crippen molar-refractivity contribution in [1.29, 1.82) is 0 Å². The first kappa shape index (κ1) is 17.7. The number of para-hydroxylation sites is 1. The van der Waals surface area contributed by atoms with Crippen molar-refractivity contribution < 1.29 is 14.3 Å². The molecule has 28 heavy (non-hydrogen) atoms. The van der Waals surface area contributed by atoms with Crippen LogP contribution < -0.4 is 10.2 Å². The van der Waals surface area contributed by atoms with Gasteiger partial charge in [0.1, 0.15) is 5.69 Å². The van der Waals surface area contributed by atoms with E-state index in [0.717, 1.165) is 23.5 Å². The Morgan fingerprint density at radius 1 is 1.00 bits per heavy atom. The Labute approximate surface area is 162 Å². The van der Waals surface area contributed by atoms with Gasteiger partial charge >= 0.3 is 5.97 Å². The molecule has 140 valence electrons. The van der Waals surface area contributed by atoms with Crippen LogP contribution in [0.15, 0.2) is 66.9 Å². The van der Waals surface area contributed by atoms with Crippen molar-refractivity contribution in [2.75, 3.05) is 23.9 Å². The third-order valence-electron chi connectivity index (χ3n) is 4.71. The number of anilines is 3. The lowest BCUT2D eigenvalue weighted by Gasteiger charge is -2.17. The van der Waals surface area contributed by atoms with Gasteiger partial charge < -0.3 is 15.0 Å². The molecule has 6 heteroatoms. The first-order chi connectivity index (χ1) is 13.7. The normalized spacial score (nSPS) is 12.4. The van der Waals surface area contributed by atoms with Gasteiger partial charge in [-0.1, -0.05) is 18.2 Å². The number of esters is 1. The highest BCUT2D eigenvalue weighted by atomic mass is 16.5.